The van der Waals surface area contributed by atoms with Crippen LogP contribution in [0.3, 0.4) is 0 Å². The molecule has 20 heavy (non-hydrogen) atoms. The van der Waals surface area contributed by atoms with Gasteiger partial charge in [0.15, 0.2) is 0 Å². The van der Waals surface area contributed by atoms with E-state index in [1.807, 2.05) is 19.1 Å². The van der Waals surface area contributed by atoms with Crippen molar-refractivity contribution in [1.82, 2.24) is 0 Å². The molecule has 0 heterocycles. The van der Waals surface area contributed by atoms with E-state index in [1.165, 1.54) is 6.07 Å². The minimum Gasteiger partial charge on any atom is -0.482 e. The molecule has 2 N–H and O–H groups in total. The normalized spacial score (nSPS) is 13.8. The quantitative estimate of drug-likeness (QED) is 0.914. The first-order valence-corrected chi connectivity index (χ1v) is 6.79. The van der Waals surface area contributed by atoms with E-state index in [0.717, 1.165) is 5.56 Å². The van der Waals surface area contributed by atoms with E-state index in [4.69, 9.17) is 22.1 Å². The van der Waals surface area contributed by atoms with Crippen molar-refractivity contribution in [2.75, 3.05) is 0 Å². The van der Waals surface area contributed by atoms with E-state index >= 15 is 0 Å². The topological polar surface area (TPSA) is 35.2 Å². The van der Waals surface area contributed by atoms with Gasteiger partial charge in [-0.05, 0) is 37.6 Å². The molecule has 2 atom stereocenters. The van der Waals surface area contributed by atoms with Crippen LogP contribution in [0.2, 0.25) is 5.02 Å². The molecule has 0 bridgehead atoms. The van der Waals surface area contributed by atoms with Crippen molar-refractivity contribution in [1.29, 1.82) is 0 Å². The van der Waals surface area contributed by atoms with Gasteiger partial charge in [0.05, 0.1) is 5.02 Å². The van der Waals surface area contributed by atoms with Crippen LogP contribution >= 0.6 is 11.6 Å². The monoisotopic (exact) mass is 293 g/mol. The summed E-state index contributed by atoms with van der Waals surface area (Å²) in [4.78, 5) is 0. The molecule has 0 amide bonds. The van der Waals surface area contributed by atoms with E-state index in [9.17, 15) is 4.39 Å². The smallest absolute Gasteiger partial charge is 0.141 e. The van der Waals surface area contributed by atoms with Crippen molar-refractivity contribution >= 4 is 11.6 Å². The number of nitrogens with two attached hydrogens (primary N) is 1. The van der Waals surface area contributed by atoms with Gasteiger partial charge < -0.3 is 10.5 Å². The first-order chi connectivity index (χ1) is 9.49. The lowest BCUT2D eigenvalue weighted by atomic mass is 10.0. The van der Waals surface area contributed by atoms with E-state index in [2.05, 4.69) is 0 Å². The molecule has 0 aliphatic heterocycles. The molecule has 0 saturated heterocycles. The SMILES string of the molecule is Cc1ccc(Cl)c(OC(c2ccccc2F)C(C)N)c1. The first-order valence-electron chi connectivity index (χ1n) is 6.42. The summed E-state index contributed by atoms with van der Waals surface area (Å²) in [5.74, 6) is 0.177. The van der Waals surface area contributed by atoms with E-state index in [1.54, 1.807) is 31.2 Å². The molecule has 0 aliphatic carbocycles. The lowest BCUT2D eigenvalue weighted by molar-refractivity contribution is 0.176. The number of ether oxygens (including phenoxy) is 1. The predicted octanol–water partition coefficient (Wildman–Crippen LogP) is 4.25. The highest BCUT2D eigenvalue weighted by atomic mass is 35.5. The Kier molecular flexibility index (Phi) is 4.63. The van der Waals surface area contributed by atoms with E-state index < -0.39 is 6.10 Å². The van der Waals surface area contributed by atoms with E-state index in [-0.39, 0.29) is 11.9 Å². The fraction of sp³-hybridized carbons (Fsp3) is 0.250. The third kappa shape index (κ3) is 3.30. The standard InChI is InChI=1S/C16H17ClFNO/c1-10-7-8-13(17)15(9-10)20-16(11(2)19)12-5-3-4-6-14(12)18/h3-9,11,16H,19H2,1-2H3. The van der Waals surface area contributed by atoms with Crippen LogP contribution in [0.1, 0.15) is 24.2 Å². The second-order valence-corrected chi connectivity index (χ2v) is 5.26. The summed E-state index contributed by atoms with van der Waals surface area (Å²) in [6.07, 6.45) is -0.588. The molecule has 0 aromatic heterocycles. The Labute approximate surface area is 123 Å². The molecule has 0 fully saturated rings. The minimum atomic E-state index is -0.588. The third-order valence-electron chi connectivity index (χ3n) is 3.03. The van der Waals surface area contributed by atoms with Gasteiger partial charge in [-0.3, -0.25) is 0 Å². The van der Waals surface area contributed by atoms with Gasteiger partial charge in [-0.1, -0.05) is 35.9 Å². The number of halogens is 2. The fourth-order valence-corrected chi connectivity index (χ4v) is 2.16. The van der Waals surface area contributed by atoms with E-state index in [0.29, 0.717) is 16.3 Å². The summed E-state index contributed by atoms with van der Waals surface area (Å²) in [7, 11) is 0. The van der Waals surface area contributed by atoms with Gasteiger partial charge in [-0.2, -0.15) is 0 Å². The van der Waals surface area contributed by atoms with Crippen LogP contribution < -0.4 is 10.5 Å². The molecular weight excluding hydrogens is 277 g/mol. The maximum Gasteiger partial charge on any atom is 0.141 e. The second kappa shape index (κ2) is 6.25. The molecule has 0 saturated carbocycles. The van der Waals surface area contributed by atoms with Gasteiger partial charge in [0, 0.05) is 11.6 Å². The third-order valence-corrected chi connectivity index (χ3v) is 3.34. The van der Waals surface area contributed by atoms with Crippen LogP contribution in [0.15, 0.2) is 42.5 Å². The number of rotatable bonds is 4. The zero-order chi connectivity index (χ0) is 14.7. The highest BCUT2D eigenvalue weighted by Crippen LogP contribution is 2.31. The molecule has 0 aliphatic rings. The van der Waals surface area contributed by atoms with Crippen LogP contribution in [0.4, 0.5) is 4.39 Å². The zero-order valence-electron chi connectivity index (χ0n) is 11.4. The van der Waals surface area contributed by atoms with Gasteiger partial charge in [0.1, 0.15) is 17.7 Å². The van der Waals surface area contributed by atoms with Crippen LogP contribution in [0.25, 0.3) is 0 Å². The van der Waals surface area contributed by atoms with Crippen LogP contribution in [-0.4, -0.2) is 6.04 Å². The second-order valence-electron chi connectivity index (χ2n) is 4.85. The van der Waals surface area contributed by atoms with Crippen molar-refractivity contribution < 1.29 is 9.13 Å². The summed E-state index contributed by atoms with van der Waals surface area (Å²) in [6, 6.07) is 11.6. The van der Waals surface area contributed by atoms with Crippen molar-refractivity contribution in [3.63, 3.8) is 0 Å². The van der Waals surface area contributed by atoms with Crippen LogP contribution in [0, 0.1) is 12.7 Å². The van der Waals surface area contributed by atoms with Crippen LogP contribution in [0.5, 0.6) is 5.75 Å². The van der Waals surface area contributed by atoms with Crippen molar-refractivity contribution in [2.45, 2.75) is 26.0 Å². The average Bonchev–Trinajstić information content (AvgIpc) is 2.40. The lowest BCUT2D eigenvalue weighted by Crippen LogP contribution is -2.29. The first kappa shape index (κ1) is 14.8. The lowest BCUT2D eigenvalue weighted by Gasteiger charge is -2.24. The molecule has 4 heteroatoms. The van der Waals surface area contributed by atoms with Crippen molar-refractivity contribution in [2.24, 2.45) is 5.73 Å². The minimum absolute atomic E-state index is 0.335. The Morgan fingerprint density at radius 3 is 2.55 bits per heavy atom. The Morgan fingerprint density at radius 2 is 1.90 bits per heavy atom. The Hall–Kier alpha value is -1.58. The molecule has 2 aromatic rings. The fourth-order valence-electron chi connectivity index (χ4n) is 2.00. The molecule has 0 spiro atoms. The molecule has 0 radical (unpaired) electrons. The highest BCUT2D eigenvalue weighted by molar-refractivity contribution is 6.32. The largest absolute Gasteiger partial charge is 0.482 e. The Bertz CT molecular complexity index is 601. The number of hydrogen-bond acceptors (Lipinski definition) is 2. The zero-order valence-corrected chi connectivity index (χ0v) is 12.2. The highest BCUT2D eigenvalue weighted by Gasteiger charge is 2.22. The van der Waals surface area contributed by atoms with Gasteiger partial charge in [-0.15, -0.1) is 0 Å². The molecular formula is C16H17ClFNO. The van der Waals surface area contributed by atoms with Crippen molar-refractivity contribution in [3.05, 3.63) is 64.4 Å². The number of hydrogen-bond donors (Lipinski definition) is 1. The maximum absolute atomic E-state index is 13.9. The Balaban J connectivity index is 2.36. The van der Waals surface area contributed by atoms with Gasteiger partial charge in [-0.25, -0.2) is 4.39 Å². The molecule has 2 rings (SSSR count). The molecule has 2 unspecified atom stereocenters. The summed E-state index contributed by atoms with van der Waals surface area (Å²) in [5.41, 5.74) is 7.38. The van der Waals surface area contributed by atoms with Gasteiger partial charge in [0.25, 0.3) is 0 Å². The van der Waals surface area contributed by atoms with Gasteiger partial charge >= 0.3 is 0 Å². The number of benzene rings is 2. The predicted molar refractivity (Wildman–Crippen MR) is 79.6 cm³/mol. The molecule has 2 aromatic carbocycles. The molecule has 106 valence electrons. The summed E-state index contributed by atoms with van der Waals surface area (Å²) < 4.78 is 19.8. The molecule has 2 nitrogen and oxygen atoms in total. The van der Waals surface area contributed by atoms with Gasteiger partial charge in [0.2, 0.25) is 0 Å². The average molecular weight is 294 g/mol. The summed E-state index contributed by atoms with van der Waals surface area (Å²) in [6.45, 7) is 3.72. The maximum atomic E-state index is 13.9. The van der Waals surface area contributed by atoms with Crippen molar-refractivity contribution in [3.8, 4) is 5.75 Å². The Morgan fingerprint density at radius 1 is 1.20 bits per heavy atom. The van der Waals surface area contributed by atoms with Crippen LogP contribution in [-0.2, 0) is 0 Å². The number of aryl methyl sites for hydroxylation is 1. The summed E-state index contributed by atoms with van der Waals surface area (Å²) in [5, 5.41) is 0.484. The summed E-state index contributed by atoms with van der Waals surface area (Å²) >= 11 is 6.11.